The lowest BCUT2D eigenvalue weighted by Gasteiger charge is -2.07. The Bertz CT molecular complexity index is 734. The molecule has 0 bridgehead atoms. The number of anilines is 1. The van der Waals surface area contributed by atoms with Crippen LogP contribution in [0.25, 0.3) is 22.3 Å². The van der Waals surface area contributed by atoms with Crippen LogP contribution < -0.4 is 5.73 Å². The molecule has 0 spiro atoms. The largest absolute Gasteiger partial charge is 0.368 e. The first-order valence-electron chi connectivity index (χ1n) is 5.38. The number of rotatable bonds is 1. The van der Waals surface area contributed by atoms with Gasteiger partial charge in [-0.1, -0.05) is 6.07 Å². The van der Waals surface area contributed by atoms with E-state index in [4.69, 9.17) is 5.73 Å². The highest BCUT2D eigenvalue weighted by molar-refractivity contribution is 5.91. The van der Waals surface area contributed by atoms with Gasteiger partial charge in [-0.2, -0.15) is 10.1 Å². The van der Waals surface area contributed by atoms with Crippen LogP contribution in [0.2, 0.25) is 0 Å². The first-order chi connectivity index (χ1) is 8.65. The van der Waals surface area contributed by atoms with Crippen LogP contribution in [0.3, 0.4) is 0 Å². The number of aromatic amines is 1. The smallest absolute Gasteiger partial charge is 0.222 e. The van der Waals surface area contributed by atoms with E-state index >= 15 is 0 Å². The topological polar surface area (TPSA) is 80.5 Å². The van der Waals surface area contributed by atoms with Crippen LogP contribution in [0, 0.1) is 12.7 Å². The van der Waals surface area contributed by atoms with E-state index in [9.17, 15) is 4.39 Å². The summed E-state index contributed by atoms with van der Waals surface area (Å²) in [7, 11) is 0. The summed E-state index contributed by atoms with van der Waals surface area (Å²) in [5.41, 5.74) is 8.38. The second kappa shape index (κ2) is 3.76. The van der Waals surface area contributed by atoms with Crippen LogP contribution in [0.4, 0.5) is 10.3 Å². The van der Waals surface area contributed by atoms with E-state index in [1.54, 1.807) is 12.3 Å². The van der Waals surface area contributed by atoms with Crippen LogP contribution in [-0.4, -0.2) is 20.2 Å². The molecular weight excluding hydrogens is 233 g/mol. The van der Waals surface area contributed by atoms with E-state index in [1.165, 1.54) is 12.1 Å². The highest BCUT2D eigenvalue weighted by atomic mass is 19.1. The lowest BCUT2D eigenvalue weighted by molar-refractivity contribution is 0.628. The number of nitrogens with one attached hydrogen (secondary N) is 1. The maximum Gasteiger partial charge on any atom is 0.222 e. The first-order valence-corrected chi connectivity index (χ1v) is 5.38. The second-order valence-corrected chi connectivity index (χ2v) is 4.02. The van der Waals surface area contributed by atoms with Crippen molar-refractivity contribution in [3.05, 3.63) is 35.8 Å². The predicted octanol–water partition coefficient (Wildman–Crippen LogP) is 2.05. The van der Waals surface area contributed by atoms with Gasteiger partial charge < -0.3 is 5.73 Å². The zero-order chi connectivity index (χ0) is 12.7. The summed E-state index contributed by atoms with van der Waals surface area (Å²) in [6.45, 7) is 1.89. The molecule has 3 N–H and O–H groups in total. The predicted molar refractivity (Wildman–Crippen MR) is 66.2 cm³/mol. The van der Waals surface area contributed by atoms with Gasteiger partial charge in [0.25, 0.3) is 0 Å². The molecule has 2 aromatic heterocycles. The van der Waals surface area contributed by atoms with E-state index in [0.29, 0.717) is 16.9 Å². The fraction of sp³-hybridized carbons (Fsp3) is 0.0833. The monoisotopic (exact) mass is 243 g/mol. The minimum atomic E-state index is -0.315. The summed E-state index contributed by atoms with van der Waals surface area (Å²) in [6, 6.07) is 4.55. The highest BCUT2D eigenvalue weighted by Gasteiger charge is 2.12. The van der Waals surface area contributed by atoms with Crippen molar-refractivity contribution in [2.24, 2.45) is 0 Å². The van der Waals surface area contributed by atoms with Crippen molar-refractivity contribution in [3.63, 3.8) is 0 Å². The number of aromatic nitrogens is 4. The van der Waals surface area contributed by atoms with Crippen LogP contribution in [-0.2, 0) is 0 Å². The van der Waals surface area contributed by atoms with E-state index in [-0.39, 0.29) is 11.8 Å². The third-order valence-corrected chi connectivity index (χ3v) is 2.78. The second-order valence-electron chi connectivity index (χ2n) is 4.02. The third-order valence-electron chi connectivity index (χ3n) is 2.78. The minimum Gasteiger partial charge on any atom is -0.368 e. The Balaban J connectivity index is 2.37. The lowest BCUT2D eigenvalue weighted by atomic mass is 10.0. The molecule has 90 valence electrons. The van der Waals surface area contributed by atoms with E-state index in [2.05, 4.69) is 20.2 Å². The Hall–Kier alpha value is -2.50. The average molecular weight is 243 g/mol. The fourth-order valence-corrected chi connectivity index (χ4v) is 1.91. The molecule has 0 saturated heterocycles. The standard InChI is InChI=1S/C12H10FN5/c1-6-2-3-7(13)4-8(6)10-9-5-15-18-11(9)17-12(14)16-10/h2-5H,1H3,(H3,14,15,16,17,18). The summed E-state index contributed by atoms with van der Waals surface area (Å²) < 4.78 is 13.4. The number of aryl methyl sites for hydroxylation is 1. The number of hydrogen-bond acceptors (Lipinski definition) is 4. The van der Waals surface area contributed by atoms with Crippen LogP contribution in [0.5, 0.6) is 0 Å². The molecular formula is C12H10FN5. The Morgan fingerprint density at radius 1 is 1.28 bits per heavy atom. The average Bonchev–Trinajstić information content (AvgIpc) is 2.79. The van der Waals surface area contributed by atoms with E-state index in [1.807, 2.05) is 6.92 Å². The number of H-pyrrole nitrogens is 1. The summed E-state index contributed by atoms with van der Waals surface area (Å²) in [5.74, 6) is -0.185. The number of hydrogen-bond donors (Lipinski definition) is 2. The molecule has 0 radical (unpaired) electrons. The summed E-state index contributed by atoms with van der Waals surface area (Å²) in [4.78, 5) is 8.21. The molecule has 3 aromatic rings. The van der Waals surface area contributed by atoms with Crippen molar-refractivity contribution in [2.45, 2.75) is 6.92 Å². The van der Waals surface area contributed by atoms with Crippen molar-refractivity contribution in [1.82, 2.24) is 20.2 Å². The third kappa shape index (κ3) is 1.58. The normalized spacial score (nSPS) is 11.0. The molecule has 6 heteroatoms. The minimum absolute atomic E-state index is 0.130. The van der Waals surface area contributed by atoms with Gasteiger partial charge in [0.1, 0.15) is 5.82 Å². The van der Waals surface area contributed by atoms with Crippen molar-refractivity contribution in [2.75, 3.05) is 5.73 Å². The van der Waals surface area contributed by atoms with Gasteiger partial charge in [0.05, 0.1) is 17.3 Å². The van der Waals surface area contributed by atoms with E-state index in [0.717, 1.165) is 10.9 Å². The van der Waals surface area contributed by atoms with E-state index < -0.39 is 0 Å². The lowest BCUT2D eigenvalue weighted by Crippen LogP contribution is -1.98. The molecule has 1 aromatic carbocycles. The number of nitrogens with zero attached hydrogens (tertiary/aromatic N) is 3. The molecule has 0 saturated carbocycles. The Morgan fingerprint density at radius 3 is 2.94 bits per heavy atom. The number of halogens is 1. The van der Waals surface area contributed by atoms with Crippen LogP contribution in [0.1, 0.15) is 5.56 Å². The quantitative estimate of drug-likeness (QED) is 0.685. The first kappa shape index (κ1) is 10.6. The van der Waals surface area contributed by atoms with Gasteiger partial charge in [-0.05, 0) is 24.6 Å². The Morgan fingerprint density at radius 2 is 2.11 bits per heavy atom. The van der Waals surface area contributed by atoms with Crippen molar-refractivity contribution in [1.29, 1.82) is 0 Å². The number of benzene rings is 1. The molecule has 0 amide bonds. The van der Waals surface area contributed by atoms with Crippen LogP contribution >= 0.6 is 0 Å². The van der Waals surface area contributed by atoms with Crippen molar-refractivity contribution < 1.29 is 4.39 Å². The van der Waals surface area contributed by atoms with Gasteiger partial charge in [-0.3, -0.25) is 5.10 Å². The maximum atomic E-state index is 13.4. The zero-order valence-corrected chi connectivity index (χ0v) is 9.61. The zero-order valence-electron chi connectivity index (χ0n) is 9.61. The van der Waals surface area contributed by atoms with Crippen molar-refractivity contribution >= 4 is 17.0 Å². The molecule has 5 nitrogen and oxygen atoms in total. The molecule has 0 atom stereocenters. The fourth-order valence-electron chi connectivity index (χ4n) is 1.91. The van der Waals surface area contributed by atoms with Gasteiger partial charge in [-0.15, -0.1) is 0 Å². The number of fused-ring (bicyclic) bond motifs is 1. The van der Waals surface area contributed by atoms with Gasteiger partial charge in [0.2, 0.25) is 5.95 Å². The molecule has 0 fully saturated rings. The Kier molecular flexibility index (Phi) is 2.22. The molecule has 3 rings (SSSR count). The number of nitrogen functional groups attached to an aromatic ring is 1. The molecule has 0 aliphatic carbocycles. The molecule has 0 unspecified atom stereocenters. The van der Waals surface area contributed by atoms with Crippen molar-refractivity contribution in [3.8, 4) is 11.3 Å². The summed E-state index contributed by atoms with van der Waals surface area (Å²) in [6.07, 6.45) is 1.61. The Labute approximate surface area is 102 Å². The molecule has 0 aliphatic rings. The number of nitrogens with two attached hydrogens (primary N) is 1. The van der Waals surface area contributed by atoms with Crippen LogP contribution in [0.15, 0.2) is 24.4 Å². The SMILES string of the molecule is Cc1ccc(F)cc1-c1nc(N)nc2[nH]ncc12. The summed E-state index contributed by atoms with van der Waals surface area (Å²) in [5, 5.41) is 7.35. The molecule has 18 heavy (non-hydrogen) atoms. The van der Waals surface area contributed by atoms with Gasteiger partial charge in [0, 0.05) is 5.56 Å². The highest BCUT2D eigenvalue weighted by Crippen LogP contribution is 2.28. The van der Waals surface area contributed by atoms with Gasteiger partial charge >= 0.3 is 0 Å². The van der Waals surface area contributed by atoms with Gasteiger partial charge in [-0.25, -0.2) is 9.37 Å². The summed E-state index contributed by atoms with van der Waals surface area (Å²) >= 11 is 0. The maximum absolute atomic E-state index is 13.4. The molecule has 2 heterocycles. The van der Waals surface area contributed by atoms with Gasteiger partial charge in [0.15, 0.2) is 5.65 Å². The molecule has 0 aliphatic heterocycles.